The van der Waals surface area contributed by atoms with Crippen molar-refractivity contribution in [1.82, 2.24) is 20.0 Å². The number of carbonyl (C=O) groups excluding carboxylic acids is 1. The van der Waals surface area contributed by atoms with Crippen molar-refractivity contribution in [2.75, 3.05) is 24.5 Å². The molecule has 1 aromatic carbocycles. The van der Waals surface area contributed by atoms with Crippen molar-refractivity contribution < 1.29 is 13.7 Å². The van der Waals surface area contributed by atoms with Gasteiger partial charge < -0.3 is 14.3 Å². The summed E-state index contributed by atoms with van der Waals surface area (Å²) in [6.45, 7) is 6.02. The molecule has 3 aromatic rings. The highest BCUT2D eigenvalue weighted by Gasteiger charge is 2.50. The van der Waals surface area contributed by atoms with Crippen LogP contribution in [-0.2, 0) is 0 Å². The van der Waals surface area contributed by atoms with Crippen molar-refractivity contribution in [3.05, 3.63) is 71.6 Å². The predicted molar refractivity (Wildman–Crippen MR) is 112 cm³/mol. The summed E-state index contributed by atoms with van der Waals surface area (Å²) in [4.78, 5) is 25.9. The summed E-state index contributed by atoms with van der Waals surface area (Å²) in [5.41, 5.74) is 1.35. The summed E-state index contributed by atoms with van der Waals surface area (Å²) >= 11 is 0. The molecule has 2 fully saturated rings. The first-order chi connectivity index (χ1) is 15.0. The van der Waals surface area contributed by atoms with Crippen molar-refractivity contribution in [3.63, 3.8) is 0 Å². The third-order valence-electron chi connectivity index (χ3n) is 6.24. The van der Waals surface area contributed by atoms with Gasteiger partial charge in [-0.1, -0.05) is 31.1 Å². The molecule has 2 aromatic heterocycles. The largest absolute Gasteiger partial charge is 0.331 e. The zero-order valence-electron chi connectivity index (χ0n) is 17.5. The lowest BCUT2D eigenvalue weighted by molar-refractivity contribution is 0.0714. The van der Waals surface area contributed by atoms with E-state index in [9.17, 15) is 9.18 Å². The molecule has 0 bridgehead atoms. The van der Waals surface area contributed by atoms with Gasteiger partial charge in [0.15, 0.2) is 5.82 Å². The van der Waals surface area contributed by atoms with E-state index in [0.29, 0.717) is 37.0 Å². The fraction of sp³-hybridized carbons (Fsp3) is 0.391. The molecule has 0 saturated carbocycles. The molecule has 0 unspecified atom stereocenters. The summed E-state index contributed by atoms with van der Waals surface area (Å²) in [6, 6.07) is 10.4. The molecule has 0 spiro atoms. The van der Waals surface area contributed by atoms with Crippen LogP contribution in [0.25, 0.3) is 0 Å². The fourth-order valence-electron chi connectivity index (χ4n) is 4.77. The second kappa shape index (κ2) is 7.76. The summed E-state index contributed by atoms with van der Waals surface area (Å²) < 4.78 is 19.6. The number of hydrogen-bond acceptors (Lipinski definition) is 6. The Morgan fingerprint density at radius 3 is 2.77 bits per heavy atom. The molecule has 1 amide bonds. The Labute approximate surface area is 179 Å². The summed E-state index contributed by atoms with van der Waals surface area (Å²) in [7, 11) is 0. The number of carbonyl (C=O) groups is 1. The third kappa shape index (κ3) is 3.56. The fourth-order valence-corrected chi connectivity index (χ4v) is 4.77. The van der Waals surface area contributed by atoms with Gasteiger partial charge in [-0.25, -0.2) is 4.39 Å². The molecule has 31 heavy (non-hydrogen) atoms. The maximum Gasteiger partial charge on any atom is 0.324 e. The first kappa shape index (κ1) is 19.7. The number of hydrogen-bond donors (Lipinski definition) is 0. The number of fused-ring (bicyclic) bond motifs is 1. The van der Waals surface area contributed by atoms with Gasteiger partial charge in [0, 0.05) is 49.8 Å². The van der Waals surface area contributed by atoms with E-state index >= 15 is 0 Å². The van der Waals surface area contributed by atoms with Crippen LogP contribution in [0.3, 0.4) is 0 Å². The predicted octanol–water partition coefficient (Wildman–Crippen LogP) is 3.68. The van der Waals surface area contributed by atoms with Crippen molar-refractivity contribution in [2.45, 2.75) is 25.8 Å². The van der Waals surface area contributed by atoms with Crippen LogP contribution in [0.4, 0.5) is 10.4 Å². The standard InChI is InChI=1S/C23H24FN5O2/c1-14(2)21-26-23(31-27-21)28-11-17-12-29(22(30)16-6-4-8-25-10-16)20(19(17)13-28)15-5-3-7-18(24)9-15/h3-10,14,17,19-20H,11-13H2,1-2H3/t17-,19-,20+/m0/s1. The van der Waals surface area contributed by atoms with Crippen molar-refractivity contribution in [2.24, 2.45) is 11.8 Å². The minimum Gasteiger partial charge on any atom is -0.331 e. The van der Waals surface area contributed by atoms with Gasteiger partial charge in [-0.05, 0) is 29.8 Å². The maximum absolute atomic E-state index is 14.1. The van der Waals surface area contributed by atoms with E-state index in [-0.39, 0.29) is 35.5 Å². The van der Waals surface area contributed by atoms with Crippen molar-refractivity contribution >= 4 is 11.9 Å². The van der Waals surface area contributed by atoms with Gasteiger partial charge >= 0.3 is 6.01 Å². The molecule has 7 nitrogen and oxygen atoms in total. The second-order valence-electron chi connectivity index (χ2n) is 8.62. The number of halogens is 1. The molecule has 0 aliphatic carbocycles. The van der Waals surface area contributed by atoms with Gasteiger partial charge in [0.2, 0.25) is 0 Å². The first-order valence-electron chi connectivity index (χ1n) is 10.6. The van der Waals surface area contributed by atoms with Crippen LogP contribution < -0.4 is 4.90 Å². The summed E-state index contributed by atoms with van der Waals surface area (Å²) in [6.07, 6.45) is 3.23. The molecular formula is C23H24FN5O2. The lowest BCUT2D eigenvalue weighted by Crippen LogP contribution is -2.36. The van der Waals surface area contributed by atoms with Gasteiger partial charge in [-0.2, -0.15) is 4.98 Å². The van der Waals surface area contributed by atoms with Crippen LogP contribution in [0.15, 0.2) is 53.3 Å². The normalized spacial score (nSPS) is 22.9. The molecule has 3 atom stereocenters. The number of likely N-dealkylation sites (tertiary alicyclic amines) is 1. The average molecular weight is 421 g/mol. The molecule has 2 aliphatic rings. The number of pyridine rings is 1. The number of nitrogens with zero attached hydrogens (tertiary/aromatic N) is 5. The Bertz CT molecular complexity index is 1090. The number of amides is 1. The Kier molecular flexibility index (Phi) is 4.92. The highest BCUT2D eigenvalue weighted by atomic mass is 19.1. The molecular weight excluding hydrogens is 397 g/mol. The monoisotopic (exact) mass is 421 g/mol. The number of aromatic nitrogens is 3. The van der Waals surface area contributed by atoms with Crippen LogP contribution in [0.5, 0.6) is 0 Å². The van der Waals surface area contributed by atoms with Crippen LogP contribution >= 0.6 is 0 Å². The minimum atomic E-state index is -0.303. The Morgan fingerprint density at radius 1 is 1.19 bits per heavy atom. The quantitative estimate of drug-likeness (QED) is 0.640. The molecule has 5 rings (SSSR count). The van der Waals surface area contributed by atoms with Crippen LogP contribution in [0.1, 0.15) is 47.6 Å². The molecule has 2 saturated heterocycles. The molecule has 2 aliphatic heterocycles. The molecule has 0 N–H and O–H groups in total. The van der Waals surface area contributed by atoms with Gasteiger partial charge in [0.25, 0.3) is 5.91 Å². The van der Waals surface area contributed by atoms with Gasteiger partial charge in [0.1, 0.15) is 5.82 Å². The van der Waals surface area contributed by atoms with Gasteiger partial charge in [0.05, 0.1) is 11.6 Å². The van der Waals surface area contributed by atoms with Crippen molar-refractivity contribution in [1.29, 1.82) is 0 Å². The van der Waals surface area contributed by atoms with Gasteiger partial charge in [-0.3, -0.25) is 9.78 Å². The van der Waals surface area contributed by atoms with E-state index in [1.165, 1.54) is 12.1 Å². The van der Waals surface area contributed by atoms with Gasteiger partial charge in [-0.15, -0.1) is 0 Å². The Hall–Kier alpha value is -3.29. The van der Waals surface area contributed by atoms with E-state index in [4.69, 9.17) is 4.52 Å². The van der Waals surface area contributed by atoms with Crippen LogP contribution in [0, 0.1) is 17.7 Å². The second-order valence-corrected chi connectivity index (χ2v) is 8.62. The minimum absolute atomic E-state index is 0.0804. The zero-order chi connectivity index (χ0) is 21.5. The topological polar surface area (TPSA) is 75.4 Å². The lowest BCUT2D eigenvalue weighted by atomic mass is 9.89. The van der Waals surface area contributed by atoms with Crippen LogP contribution in [-0.4, -0.2) is 45.6 Å². The number of anilines is 1. The van der Waals surface area contributed by atoms with E-state index in [2.05, 4.69) is 20.0 Å². The summed E-state index contributed by atoms with van der Waals surface area (Å²) in [5, 5.41) is 4.08. The highest BCUT2D eigenvalue weighted by molar-refractivity contribution is 5.94. The SMILES string of the molecule is CC(C)c1noc(N2C[C@H]3CN(C(=O)c4cccnc4)[C@H](c4cccc(F)c4)[C@H]3C2)n1. The highest BCUT2D eigenvalue weighted by Crippen LogP contribution is 2.46. The average Bonchev–Trinajstić information content (AvgIpc) is 3.47. The van der Waals surface area contributed by atoms with Crippen molar-refractivity contribution in [3.8, 4) is 0 Å². The molecule has 160 valence electrons. The van der Waals surface area contributed by atoms with Crippen LogP contribution in [0.2, 0.25) is 0 Å². The third-order valence-corrected chi connectivity index (χ3v) is 6.24. The van der Waals surface area contributed by atoms with E-state index in [0.717, 1.165) is 5.56 Å². The zero-order valence-corrected chi connectivity index (χ0v) is 17.5. The maximum atomic E-state index is 14.1. The summed E-state index contributed by atoms with van der Waals surface area (Å²) in [5.74, 6) is 0.848. The van der Waals surface area contributed by atoms with E-state index < -0.39 is 0 Å². The van der Waals surface area contributed by atoms with E-state index in [1.807, 2.05) is 24.8 Å². The Balaban J connectivity index is 1.46. The lowest BCUT2D eigenvalue weighted by Gasteiger charge is -2.29. The van der Waals surface area contributed by atoms with E-state index in [1.54, 1.807) is 30.6 Å². The number of rotatable bonds is 4. The molecule has 8 heteroatoms. The number of benzene rings is 1. The molecule has 4 heterocycles. The first-order valence-corrected chi connectivity index (χ1v) is 10.6. The smallest absolute Gasteiger partial charge is 0.324 e. The molecule has 0 radical (unpaired) electrons. The Morgan fingerprint density at radius 2 is 2.06 bits per heavy atom.